The third-order valence-electron chi connectivity index (χ3n) is 2.21. The van der Waals surface area contributed by atoms with Crippen LogP contribution < -0.4 is 16.0 Å². The lowest BCUT2D eigenvalue weighted by atomic mass is 10.3. The van der Waals surface area contributed by atoms with Crippen LogP contribution in [-0.2, 0) is 0 Å². The molecule has 0 spiro atoms. The van der Waals surface area contributed by atoms with Gasteiger partial charge < -0.3 is 10.6 Å². The normalized spacial score (nSPS) is 18.9. The number of nitrogens with zero attached hydrogens (tertiary/aromatic N) is 2. The fourth-order valence-electron chi connectivity index (χ4n) is 1.44. The first-order valence-corrected chi connectivity index (χ1v) is 5.68. The van der Waals surface area contributed by atoms with Gasteiger partial charge in [-0.2, -0.15) is 0 Å². The van der Waals surface area contributed by atoms with Crippen LogP contribution in [0.15, 0.2) is 34.3 Å². The highest BCUT2D eigenvalue weighted by Gasteiger charge is 2.11. The molecule has 90 valence electrons. The van der Waals surface area contributed by atoms with Gasteiger partial charge in [-0.05, 0) is 31.2 Å². The lowest BCUT2D eigenvalue weighted by Gasteiger charge is -2.19. The van der Waals surface area contributed by atoms with E-state index in [-0.39, 0.29) is 6.17 Å². The van der Waals surface area contributed by atoms with Gasteiger partial charge >= 0.3 is 0 Å². The van der Waals surface area contributed by atoms with Gasteiger partial charge in [-0.15, -0.1) is 0 Å². The van der Waals surface area contributed by atoms with E-state index in [1.807, 2.05) is 38.2 Å². The zero-order valence-electron chi connectivity index (χ0n) is 9.66. The molecule has 1 unspecified atom stereocenters. The van der Waals surface area contributed by atoms with Gasteiger partial charge in [0.1, 0.15) is 6.17 Å². The van der Waals surface area contributed by atoms with Crippen molar-refractivity contribution in [2.45, 2.75) is 13.1 Å². The predicted octanol–water partition coefficient (Wildman–Crippen LogP) is 1.63. The molecule has 1 aromatic rings. The first-order chi connectivity index (χ1) is 8.17. The van der Waals surface area contributed by atoms with Crippen LogP contribution in [0.1, 0.15) is 6.92 Å². The third kappa shape index (κ3) is 3.10. The Morgan fingerprint density at radius 2 is 1.82 bits per heavy atom. The molecule has 1 atom stereocenters. The largest absolute Gasteiger partial charge is 0.359 e. The van der Waals surface area contributed by atoms with Crippen molar-refractivity contribution in [3.8, 4) is 0 Å². The van der Waals surface area contributed by atoms with Gasteiger partial charge in [0.25, 0.3) is 0 Å². The van der Waals surface area contributed by atoms with E-state index < -0.39 is 0 Å². The minimum Gasteiger partial charge on any atom is -0.359 e. The van der Waals surface area contributed by atoms with Crippen molar-refractivity contribution in [1.29, 1.82) is 0 Å². The SMILES string of the molecule is CNC1=NC(C)N=C(Nc2ccc(Cl)cc2)N1. The summed E-state index contributed by atoms with van der Waals surface area (Å²) >= 11 is 5.82. The van der Waals surface area contributed by atoms with Crippen molar-refractivity contribution in [3.63, 3.8) is 0 Å². The maximum absolute atomic E-state index is 5.82. The Morgan fingerprint density at radius 3 is 2.47 bits per heavy atom. The summed E-state index contributed by atoms with van der Waals surface area (Å²) in [6.45, 7) is 1.92. The predicted molar refractivity (Wildman–Crippen MR) is 71.6 cm³/mol. The molecule has 0 radical (unpaired) electrons. The molecule has 17 heavy (non-hydrogen) atoms. The molecule has 0 fully saturated rings. The molecule has 0 bridgehead atoms. The standard InChI is InChI=1S/C11H14ClN5/c1-7-14-10(13-2)17-11(15-7)16-9-5-3-8(12)4-6-9/h3-7H,1-2H3,(H3,13,14,15,16,17). The minimum atomic E-state index is -0.103. The summed E-state index contributed by atoms with van der Waals surface area (Å²) in [5.74, 6) is 1.36. The molecule has 0 aliphatic carbocycles. The lowest BCUT2D eigenvalue weighted by Crippen LogP contribution is -2.46. The smallest absolute Gasteiger partial charge is 0.204 e. The zero-order chi connectivity index (χ0) is 12.3. The summed E-state index contributed by atoms with van der Waals surface area (Å²) in [6.07, 6.45) is -0.103. The number of guanidine groups is 2. The summed E-state index contributed by atoms with van der Waals surface area (Å²) in [6, 6.07) is 7.43. The molecule has 3 N–H and O–H groups in total. The number of hydrogen-bond acceptors (Lipinski definition) is 5. The van der Waals surface area contributed by atoms with E-state index in [1.165, 1.54) is 0 Å². The molecule has 1 heterocycles. The molecule has 0 saturated carbocycles. The molecule has 0 amide bonds. The number of aliphatic imine (C=N–C) groups is 2. The van der Waals surface area contributed by atoms with Crippen molar-refractivity contribution in [2.24, 2.45) is 9.98 Å². The summed E-state index contributed by atoms with van der Waals surface area (Å²) < 4.78 is 0. The Bertz CT molecular complexity index is 451. The second kappa shape index (κ2) is 5.05. The van der Waals surface area contributed by atoms with E-state index in [0.29, 0.717) is 16.9 Å². The number of rotatable bonds is 1. The molecule has 0 saturated heterocycles. The molecular weight excluding hydrogens is 238 g/mol. The summed E-state index contributed by atoms with van der Waals surface area (Å²) in [5.41, 5.74) is 0.921. The van der Waals surface area contributed by atoms with Crippen LogP contribution in [0.5, 0.6) is 0 Å². The zero-order valence-corrected chi connectivity index (χ0v) is 10.4. The van der Waals surface area contributed by atoms with Crippen LogP contribution in [0.3, 0.4) is 0 Å². The summed E-state index contributed by atoms with van der Waals surface area (Å²) in [5, 5.41) is 9.87. The van der Waals surface area contributed by atoms with Gasteiger partial charge in [0.05, 0.1) is 0 Å². The molecule has 1 aromatic carbocycles. The van der Waals surface area contributed by atoms with Crippen LogP contribution in [-0.4, -0.2) is 25.1 Å². The Morgan fingerprint density at radius 1 is 1.18 bits per heavy atom. The van der Waals surface area contributed by atoms with E-state index in [4.69, 9.17) is 11.6 Å². The van der Waals surface area contributed by atoms with Crippen LogP contribution in [0, 0.1) is 0 Å². The van der Waals surface area contributed by atoms with Crippen molar-refractivity contribution >= 4 is 29.2 Å². The molecule has 5 nitrogen and oxygen atoms in total. The van der Waals surface area contributed by atoms with Crippen molar-refractivity contribution in [3.05, 3.63) is 29.3 Å². The maximum atomic E-state index is 5.82. The van der Waals surface area contributed by atoms with Crippen LogP contribution in [0.4, 0.5) is 5.69 Å². The highest BCUT2D eigenvalue weighted by molar-refractivity contribution is 6.30. The molecule has 1 aliphatic rings. The molecule has 1 aliphatic heterocycles. The highest BCUT2D eigenvalue weighted by Crippen LogP contribution is 2.13. The second-order valence-electron chi connectivity index (χ2n) is 3.59. The maximum Gasteiger partial charge on any atom is 0.204 e. The quantitative estimate of drug-likeness (QED) is 0.711. The van der Waals surface area contributed by atoms with Gasteiger partial charge in [0.2, 0.25) is 5.96 Å². The van der Waals surface area contributed by atoms with Crippen LogP contribution >= 0.6 is 11.6 Å². The number of nitrogens with one attached hydrogen (secondary N) is 3. The van der Waals surface area contributed by atoms with Crippen molar-refractivity contribution in [2.75, 3.05) is 12.4 Å². The third-order valence-corrected chi connectivity index (χ3v) is 2.46. The van der Waals surface area contributed by atoms with Crippen LogP contribution in [0.2, 0.25) is 5.02 Å². The van der Waals surface area contributed by atoms with Gasteiger partial charge in [0.15, 0.2) is 5.96 Å². The Kier molecular flexibility index (Phi) is 3.49. The number of anilines is 1. The van der Waals surface area contributed by atoms with Gasteiger partial charge in [-0.25, -0.2) is 9.98 Å². The van der Waals surface area contributed by atoms with Crippen LogP contribution in [0.25, 0.3) is 0 Å². The molecule has 6 heteroatoms. The van der Waals surface area contributed by atoms with E-state index in [9.17, 15) is 0 Å². The molecule has 2 rings (SSSR count). The second-order valence-corrected chi connectivity index (χ2v) is 4.03. The van der Waals surface area contributed by atoms with E-state index in [1.54, 1.807) is 0 Å². The Hall–Kier alpha value is -1.75. The van der Waals surface area contributed by atoms with Gasteiger partial charge in [-0.3, -0.25) is 5.32 Å². The molecule has 0 aromatic heterocycles. The van der Waals surface area contributed by atoms with E-state index in [0.717, 1.165) is 5.69 Å². The topological polar surface area (TPSA) is 60.8 Å². The lowest BCUT2D eigenvalue weighted by molar-refractivity contribution is 0.756. The average molecular weight is 252 g/mol. The Balaban J connectivity index is 2.07. The first kappa shape index (κ1) is 11.7. The minimum absolute atomic E-state index is 0.103. The van der Waals surface area contributed by atoms with Crippen molar-refractivity contribution in [1.82, 2.24) is 10.6 Å². The number of hydrogen-bond donors (Lipinski definition) is 3. The van der Waals surface area contributed by atoms with Crippen molar-refractivity contribution < 1.29 is 0 Å². The summed E-state index contributed by atoms with van der Waals surface area (Å²) in [7, 11) is 1.81. The number of halogens is 1. The highest BCUT2D eigenvalue weighted by atomic mass is 35.5. The van der Waals surface area contributed by atoms with E-state index >= 15 is 0 Å². The number of benzene rings is 1. The van der Waals surface area contributed by atoms with Gasteiger partial charge in [0, 0.05) is 17.8 Å². The fraction of sp³-hybridized carbons (Fsp3) is 0.273. The average Bonchev–Trinajstić information content (AvgIpc) is 2.31. The molecular formula is C11H14ClN5. The summed E-state index contributed by atoms with van der Waals surface area (Å²) in [4.78, 5) is 8.58. The van der Waals surface area contributed by atoms with Gasteiger partial charge in [-0.1, -0.05) is 11.6 Å². The first-order valence-electron chi connectivity index (χ1n) is 5.30. The van der Waals surface area contributed by atoms with E-state index in [2.05, 4.69) is 25.9 Å². The monoisotopic (exact) mass is 251 g/mol. The Labute approximate surface area is 105 Å². The fourth-order valence-corrected chi connectivity index (χ4v) is 1.57.